The van der Waals surface area contributed by atoms with Crippen LogP contribution < -0.4 is 11.1 Å². The number of benzene rings is 2. The van der Waals surface area contributed by atoms with Gasteiger partial charge in [-0.1, -0.05) is 26.0 Å². The van der Waals surface area contributed by atoms with Crippen molar-refractivity contribution < 1.29 is 4.79 Å². The van der Waals surface area contributed by atoms with E-state index < -0.39 is 0 Å². The fourth-order valence-electron chi connectivity index (χ4n) is 3.00. The van der Waals surface area contributed by atoms with Gasteiger partial charge in [0.25, 0.3) is 0 Å². The fourth-order valence-corrected chi connectivity index (χ4v) is 3.77. The van der Waals surface area contributed by atoms with E-state index in [1.807, 2.05) is 69.3 Å². The molecule has 2 heterocycles. The van der Waals surface area contributed by atoms with E-state index in [0.29, 0.717) is 11.0 Å². The van der Waals surface area contributed by atoms with Gasteiger partial charge < -0.3 is 11.1 Å². The van der Waals surface area contributed by atoms with Crippen LogP contribution in [0.2, 0.25) is 0 Å². The molecule has 7 nitrogen and oxygen atoms in total. The first-order valence-electron chi connectivity index (χ1n) is 9.58. The summed E-state index contributed by atoms with van der Waals surface area (Å²) in [6.45, 7) is 5.68. The number of nitrogens with two attached hydrogens (primary N) is 1. The molecule has 4 N–H and O–H groups in total. The molecule has 0 aliphatic heterocycles. The average Bonchev–Trinajstić information content (AvgIpc) is 3.15. The molecular weight excluding hydrogens is 396 g/mol. The molecule has 0 radical (unpaired) electrons. The lowest BCUT2D eigenvalue weighted by molar-refractivity contribution is -0.118. The highest BCUT2D eigenvalue weighted by molar-refractivity contribution is 7.99. The molecule has 0 saturated heterocycles. The van der Waals surface area contributed by atoms with Gasteiger partial charge >= 0.3 is 0 Å². The van der Waals surface area contributed by atoms with Crippen molar-refractivity contribution in [3.8, 4) is 11.3 Å². The summed E-state index contributed by atoms with van der Waals surface area (Å²) in [6, 6.07) is 15.4. The van der Waals surface area contributed by atoms with Crippen LogP contribution in [0.5, 0.6) is 0 Å². The molecule has 0 spiro atoms. The Morgan fingerprint density at radius 2 is 1.90 bits per heavy atom. The van der Waals surface area contributed by atoms with Gasteiger partial charge in [0.05, 0.1) is 16.6 Å². The Balaban J connectivity index is 1.61. The smallest absolute Gasteiger partial charge is 0.226 e. The zero-order chi connectivity index (χ0) is 21.3. The Morgan fingerprint density at radius 1 is 1.13 bits per heavy atom. The van der Waals surface area contributed by atoms with E-state index in [0.717, 1.165) is 38.4 Å². The number of hydrogen-bond donors (Lipinski definition) is 3. The minimum Gasteiger partial charge on any atom is -0.383 e. The molecule has 0 fully saturated rings. The van der Waals surface area contributed by atoms with Gasteiger partial charge in [0.2, 0.25) is 5.91 Å². The van der Waals surface area contributed by atoms with Crippen LogP contribution in [0.4, 0.5) is 11.5 Å². The lowest BCUT2D eigenvalue weighted by Crippen LogP contribution is -2.17. The van der Waals surface area contributed by atoms with Gasteiger partial charge in [-0.05, 0) is 55.1 Å². The van der Waals surface area contributed by atoms with E-state index in [9.17, 15) is 4.79 Å². The van der Waals surface area contributed by atoms with Crippen molar-refractivity contribution in [3.05, 3.63) is 54.2 Å². The van der Waals surface area contributed by atoms with Crippen molar-refractivity contribution in [1.29, 1.82) is 0 Å². The van der Waals surface area contributed by atoms with Crippen LogP contribution in [-0.4, -0.2) is 26.1 Å². The van der Waals surface area contributed by atoms with Gasteiger partial charge in [-0.2, -0.15) is 5.10 Å². The average molecular weight is 419 g/mol. The monoisotopic (exact) mass is 418 g/mol. The highest BCUT2D eigenvalue weighted by Crippen LogP contribution is 2.33. The second-order valence-corrected chi connectivity index (χ2v) is 8.34. The van der Waals surface area contributed by atoms with Crippen LogP contribution >= 0.6 is 11.8 Å². The van der Waals surface area contributed by atoms with E-state index in [2.05, 4.69) is 25.5 Å². The number of H-pyrrole nitrogens is 1. The van der Waals surface area contributed by atoms with Gasteiger partial charge in [0.15, 0.2) is 5.16 Å². The van der Waals surface area contributed by atoms with Gasteiger partial charge in [0.1, 0.15) is 5.82 Å². The summed E-state index contributed by atoms with van der Waals surface area (Å²) >= 11 is 1.42. The Kier molecular flexibility index (Phi) is 5.41. The molecule has 0 aliphatic carbocycles. The first-order valence-corrected chi connectivity index (χ1v) is 10.4. The first kappa shape index (κ1) is 19.9. The molecule has 30 heavy (non-hydrogen) atoms. The van der Waals surface area contributed by atoms with E-state index in [-0.39, 0.29) is 11.8 Å². The Hall–Kier alpha value is -3.39. The molecule has 2 aromatic carbocycles. The Morgan fingerprint density at radius 3 is 2.57 bits per heavy atom. The summed E-state index contributed by atoms with van der Waals surface area (Å²) in [4.78, 5) is 22.0. The van der Waals surface area contributed by atoms with Gasteiger partial charge in [-0.25, -0.2) is 9.97 Å². The minimum atomic E-state index is -0.0664. The van der Waals surface area contributed by atoms with Crippen LogP contribution in [-0.2, 0) is 4.79 Å². The lowest BCUT2D eigenvalue weighted by Gasteiger charge is -2.10. The fraction of sp³-hybridized carbons (Fsp3) is 0.182. The third-order valence-corrected chi connectivity index (χ3v) is 5.44. The number of aromatic amines is 1. The molecule has 4 rings (SSSR count). The van der Waals surface area contributed by atoms with Crippen molar-refractivity contribution in [1.82, 2.24) is 20.2 Å². The van der Waals surface area contributed by atoms with Crippen LogP contribution in [0.25, 0.3) is 22.2 Å². The summed E-state index contributed by atoms with van der Waals surface area (Å²) in [7, 11) is 0. The van der Waals surface area contributed by atoms with E-state index in [4.69, 9.17) is 5.73 Å². The number of carbonyl (C=O) groups is 1. The zero-order valence-corrected chi connectivity index (χ0v) is 17.7. The summed E-state index contributed by atoms with van der Waals surface area (Å²) in [5.41, 5.74) is 10.5. The molecule has 0 bridgehead atoms. The molecule has 152 valence electrons. The first-order chi connectivity index (χ1) is 14.4. The number of hydrogen-bond acceptors (Lipinski definition) is 6. The van der Waals surface area contributed by atoms with Crippen molar-refractivity contribution in [2.45, 2.75) is 30.8 Å². The Labute approximate surface area is 178 Å². The zero-order valence-electron chi connectivity index (χ0n) is 16.9. The predicted octanol–water partition coefficient (Wildman–Crippen LogP) is 4.66. The van der Waals surface area contributed by atoms with Gasteiger partial charge in [0, 0.05) is 27.8 Å². The minimum absolute atomic E-state index is 0.0102. The molecule has 8 heteroatoms. The third-order valence-electron chi connectivity index (χ3n) is 4.57. The molecule has 1 amide bonds. The summed E-state index contributed by atoms with van der Waals surface area (Å²) in [5, 5.41) is 11.5. The van der Waals surface area contributed by atoms with Crippen molar-refractivity contribution in [3.63, 3.8) is 0 Å². The maximum absolute atomic E-state index is 11.8. The number of nitrogen functional groups attached to an aromatic ring is 1. The number of amides is 1. The molecule has 0 aliphatic rings. The van der Waals surface area contributed by atoms with E-state index in [1.165, 1.54) is 11.8 Å². The maximum atomic E-state index is 11.8. The van der Waals surface area contributed by atoms with Crippen molar-refractivity contribution in [2.24, 2.45) is 5.92 Å². The van der Waals surface area contributed by atoms with Crippen LogP contribution in [0.3, 0.4) is 0 Å². The molecular formula is C22H22N6OS. The highest BCUT2D eigenvalue weighted by Gasteiger charge is 2.14. The van der Waals surface area contributed by atoms with Gasteiger partial charge in [-0.15, -0.1) is 0 Å². The second-order valence-electron chi connectivity index (χ2n) is 7.30. The summed E-state index contributed by atoms with van der Waals surface area (Å²) < 4.78 is 0. The third kappa shape index (κ3) is 4.13. The summed E-state index contributed by atoms with van der Waals surface area (Å²) in [6.07, 6.45) is 0. The van der Waals surface area contributed by atoms with E-state index >= 15 is 0 Å². The SMILES string of the molecule is Cc1cc(-c2cccc3nc(Sc4ccc(NC(=O)C(C)C)cc4)nc(N)c23)n[nH]1. The van der Waals surface area contributed by atoms with Crippen LogP contribution in [0, 0.1) is 12.8 Å². The van der Waals surface area contributed by atoms with Gasteiger partial charge in [-0.3, -0.25) is 9.89 Å². The topological polar surface area (TPSA) is 110 Å². The standard InChI is InChI=1S/C22H22N6OS/c1-12(2)21(29)24-14-7-9-15(10-8-14)30-22-25-17-6-4-5-16(19(17)20(23)26-22)18-11-13(3)27-28-18/h4-12H,1-3H3,(H,24,29)(H,27,28)(H2,23,25,26). The number of aromatic nitrogens is 4. The number of anilines is 2. The highest BCUT2D eigenvalue weighted by atomic mass is 32.2. The summed E-state index contributed by atoms with van der Waals surface area (Å²) in [5.74, 6) is 0.340. The number of nitrogens with zero attached hydrogens (tertiary/aromatic N) is 3. The van der Waals surface area contributed by atoms with Crippen LogP contribution in [0.1, 0.15) is 19.5 Å². The van der Waals surface area contributed by atoms with Crippen LogP contribution in [0.15, 0.2) is 58.6 Å². The second kappa shape index (κ2) is 8.16. The molecule has 4 aromatic rings. The number of aryl methyl sites for hydroxylation is 1. The maximum Gasteiger partial charge on any atom is 0.226 e. The predicted molar refractivity (Wildman–Crippen MR) is 120 cm³/mol. The number of rotatable bonds is 5. The van der Waals surface area contributed by atoms with Crippen molar-refractivity contribution in [2.75, 3.05) is 11.1 Å². The number of fused-ring (bicyclic) bond motifs is 1. The number of carbonyl (C=O) groups excluding carboxylic acids is 1. The number of nitrogens with one attached hydrogen (secondary N) is 2. The largest absolute Gasteiger partial charge is 0.383 e. The van der Waals surface area contributed by atoms with E-state index in [1.54, 1.807) is 0 Å². The quantitative estimate of drug-likeness (QED) is 0.407. The lowest BCUT2D eigenvalue weighted by atomic mass is 10.1. The normalized spacial score (nSPS) is 11.2. The molecule has 2 aromatic heterocycles. The van der Waals surface area contributed by atoms with Crippen molar-refractivity contribution >= 4 is 40.1 Å². The molecule has 0 atom stereocenters. The molecule has 0 unspecified atom stereocenters. The molecule has 0 saturated carbocycles. The Bertz CT molecular complexity index is 1220.